The zero-order valence-corrected chi connectivity index (χ0v) is 13.5. The summed E-state index contributed by atoms with van der Waals surface area (Å²) < 4.78 is 4.97. The predicted molar refractivity (Wildman–Crippen MR) is 84.8 cm³/mol. The lowest BCUT2D eigenvalue weighted by Gasteiger charge is -2.23. The summed E-state index contributed by atoms with van der Waals surface area (Å²) in [5.41, 5.74) is 2.94. The highest BCUT2D eigenvalue weighted by Gasteiger charge is 2.49. The Morgan fingerprint density at radius 3 is 1.91 bits per heavy atom. The van der Waals surface area contributed by atoms with Crippen molar-refractivity contribution in [3.63, 3.8) is 0 Å². The van der Waals surface area contributed by atoms with E-state index < -0.39 is 5.97 Å². The van der Waals surface area contributed by atoms with Gasteiger partial charge in [0, 0.05) is 6.92 Å². The fraction of sp³-hybridized carbons (Fsp3) is 0.389. The Balaban J connectivity index is 1.86. The lowest BCUT2D eigenvalue weighted by atomic mass is 9.78. The Morgan fingerprint density at radius 2 is 1.48 bits per heavy atom. The maximum Gasteiger partial charge on any atom is 0.308 e. The molecule has 0 spiro atoms. The van der Waals surface area contributed by atoms with E-state index in [1.165, 1.54) is 23.0 Å². The standard InChI is InChI=1S/C18H19NO4/c1-10-8-15-16(9-11(10)2)18(22)19(17(15)21)13-4-6-14(7-5-13)23-12(3)20/h4-7,15-16H,8-9H2,1-3H3. The van der Waals surface area contributed by atoms with Crippen LogP contribution in [0.1, 0.15) is 33.6 Å². The van der Waals surface area contributed by atoms with Crippen molar-refractivity contribution in [3.8, 4) is 5.75 Å². The van der Waals surface area contributed by atoms with Crippen molar-refractivity contribution in [1.29, 1.82) is 0 Å². The number of nitrogens with zero attached hydrogens (tertiary/aromatic N) is 1. The van der Waals surface area contributed by atoms with E-state index in [0.717, 1.165) is 0 Å². The van der Waals surface area contributed by atoms with Crippen molar-refractivity contribution < 1.29 is 19.1 Å². The van der Waals surface area contributed by atoms with Crippen LogP contribution >= 0.6 is 0 Å². The van der Waals surface area contributed by atoms with Crippen LogP contribution in [0.15, 0.2) is 35.4 Å². The van der Waals surface area contributed by atoms with Gasteiger partial charge < -0.3 is 4.74 Å². The summed E-state index contributed by atoms with van der Waals surface area (Å²) in [5.74, 6) is -0.780. The number of hydrogen-bond acceptors (Lipinski definition) is 4. The van der Waals surface area contributed by atoms with Gasteiger partial charge in [0.2, 0.25) is 11.8 Å². The molecule has 2 aliphatic rings. The molecule has 1 saturated heterocycles. The van der Waals surface area contributed by atoms with Gasteiger partial charge >= 0.3 is 5.97 Å². The number of imide groups is 1. The highest BCUT2D eigenvalue weighted by atomic mass is 16.5. The van der Waals surface area contributed by atoms with E-state index in [-0.39, 0.29) is 23.7 Å². The van der Waals surface area contributed by atoms with Crippen molar-refractivity contribution in [2.24, 2.45) is 11.8 Å². The lowest BCUT2D eigenvalue weighted by molar-refractivity contribution is -0.132. The summed E-state index contributed by atoms with van der Waals surface area (Å²) in [5, 5.41) is 0. The molecule has 3 rings (SSSR count). The molecule has 2 amide bonds. The van der Waals surface area contributed by atoms with Crippen LogP contribution < -0.4 is 9.64 Å². The van der Waals surface area contributed by atoms with Crippen LogP contribution in [0.5, 0.6) is 5.75 Å². The van der Waals surface area contributed by atoms with Gasteiger partial charge in [-0.3, -0.25) is 19.3 Å². The largest absolute Gasteiger partial charge is 0.427 e. The zero-order chi connectivity index (χ0) is 16.7. The Morgan fingerprint density at radius 1 is 1.00 bits per heavy atom. The van der Waals surface area contributed by atoms with Gasteiger partial charge in [0.25, 0.3) is 0 Å². The molecule has 0 N–H and O–H groups in total. The second-order valence-electron chi connectivity index (χ2n) is 6.28. The zero-order valence-electron chi connectivity index (χ0n) is 13.5. The van der Waals surface area contributed by atoms with Crippen LogP contribution in [0.25, 0.3) is 0 Å². The van der Waals surface area contributed by atoms with Gasteiger partial charge in [0.05, 0.1) is 17.5 Å². The van der Waals surface area contributed by atoms with Gasteiger partial charge in [-0.2, -0.15) is 0 Å². The first-order valence-corrected chi connectivity index (χ1v) is 7.70. The third-order valence-electron chi connectivity index (χ3n) is 4.70. The molecular weight excluding hydrogens is 294 g/mol. The average Bonchev–Trinajstić information content (AvgIpc) is 2.72. The Kier molecular flexibility index (Phi) is 3.80. The van der Waals surface area contributed by atoms with E-state index in [2.05, 4.69) is 0 Å². The second kappa shape index (κ2) is 5.65. The molecule has 0 aromatic heterocycles. The first kappa shape index (κ1) is 15.5. The van der Waals surface area contributed by atoms with E-state index in [9.17, 15) is 14.4 Å². The molecule has 1 heterocycles. The molecule has 1 aromatic carbocycles. The number of carbonyl (C=O) groups excluding carboxylic acids is 3. The summed E-state index contributed by atoms with van der Waals surface area (Å²) >= 11 is 0. The minimum absolute atomic E-state index is 0.132. The highest BCUT2D eigenvalue weighted by molar-refractivity contribution is 6.22. The van der Waals surface area contributed by atoms with E-state index in [1.807, 2.05) is 13.8 Å². The highest BCUT2D eigenvalue weighted by Crippen LogP contribution is 2.42. The van der Waals surface area contributed by atoms with Gasteiger partial charge in [-0.15, -0.1) is 0 Å². The smallest absolute Gasteiger partial charge is 0.308 e. The van der Waals surface area contributed by atoms with Crippen LogP contribution in [0.4, 0.5) is 5.69 Å². The number of ether oxygens (including phenoxy) is 1. The maximum absolute atomic E-state index is 12.7. The summed E-state index contributed by atoms with van der Waals surface area (Å²) in [6.07, 6.45) is 1.31. The number of allylic oxidation sites excluding steroid dienone is 2. The number of fused-ring (bicyclic) bond motifs is 1. The molecule has 23 heavy (non-hydrogen) atoms. The first-order chi connectivity index (χ1) is 10.9. The molecule has 0 radical (unpaired) electrons. The van der Waals surface area contributed by atoms with Crippen molar-refractivity contribution >= 4 is 23.5 Å². The van der Waals surface area contributed by atoms with E-state index in [0.29, 0.717) is 24.3 Å². The molecule has 1 aromatic rings. The molecule has 120 valence electrons. The van der Waals surface area contributed by atoms with E-state index >= 15 is 0 Å². The third-order valence-corrected chi connectivity index (χ3v) is 4.70. The van der Waals surface area contributed by atoms with Crippen LogP contribution in [0.2, 0.25) is 0 Å². The quantitative estimate of drug-likeness (QED) is 0.364. The summed E-state index contributed by atoms with van der Waals surface area (Å²) in [6.45, 7) is 5.38. The number of hydrogen-bond donors (Lipinski definition) is 0. The SMILES string of the molecule is CC(=O)Oc1ccc(N2C(=O)C3CC(C)=C(C)CC3C2=O)cc1. The molecule has 0 bridgehead atoms. The van der Waals surface area contributed by atoms with Gasteiger partial charge in [0.15, 0.2) is 0 Å². The maximum atomic E-state index is 12.7. The molecule has 1 aliphatic carbocycles. The lowest BCUT2D eigenvalue weighted by Crippen LogP contribution is -2.30. The summed E-state index contributed by atoms with van der Waals surface area (Å²) in [4.78, 5) is 37.5. The minimum Gasteiger partial charge on any atom is -0.427 e. The normalized spacial score (nSPS) is 24.0. The monoisotopic (exact) mass is 313 g/mol. The van der Waals surface area contributed by atoms with Gasteiger partial charge in [-0.1, -0.05) is 11.1 Å². The number of esters is 1. The Bertz CT molecular complexity index is 685. The average molecular weight is 313 g/mol. The summed E-state index contributed by atoms with van der Waals surface area (Å²) in [7, 11) is 0. The molecular formula is C18H19NO4. The van der Waals surface area contributed by atoms with Crippen LogP contribution in [-0.2, 0) is 14.4 Å². The van der Waals surface area contributed by atoms with Gasteiger partial charge in [-0.05, 0) is 51.0 Å². The second-order valence-corrected chi connectivity index (χ2v) is 6.28. The van der Waals surface area contributed by atoms with Crippen molar-refractivity contribution in [3.05, 3.63) is 35.4 Å². The number of rotatable bonds is 2. The minimum atomic E-state index is -0.408. The fourth-order valence-electron chi connectivity index (χ4n) is 3.34. The topological polar surface area (TPSA) is 63.7 Å². The molecule has 1 fully saturated rings. The van der Waals surface area contributed by atoms with E-state index in [4.69, 9.17) is 4.74 Å². The van der Waals surface area contributed by atoms with Crippen LogP contribution in [0.3, 0.4) is 0 Å². The van der Waals surface area contributed by atoms with E-state index in [1.54, 1.807) is 24.3 Å². The molecule has 0 saturated carbocycles. The number of anilines is 1. The Labute approximate surface area is 134 Å². The third kappa shape index (κ3) is 2.67. The van der Waals surface area contributed by atoms with Gasteiger partial charge in [0.1, 0.15) is 5.75 Å². The molecule has 2 unspecified atom stereocenters. The molecule has 5 heteroatoms. The molecule has 2 atom stereocenters. The predicted octanol–water partition coefficient (Wildman–Crippen LogP) is 2.85. The molecule has 1 aliphatic heterocycles. The number of amides is 2. The van der Waals surface area contributed by atoms with Crippen LogP contribution in [-0.4, -0.2) is 17.8 Å². The number of carbonyl (C=O) groups is 3. The summed E-state index contributed by atoms with van der Waals surface area (Å²) in [6, 6.07) is 6.46. The van der Waals surface area contributed by atoms with Crippen molar-refractivity contribution in [1.82, 2.24) is 0 Å². The Hall–Kier alpha value is -2.43. The van der Waals surface area contributed by atoms with Crippen molar-refractivity contribution in [2.75, 3.05) is 4.90 Å². The molecule has 5 nitrogen and oxygen atoms in total. The van der Waals surface area contributed by atoms with Gasteiger partial charge in [-0.25, -0.2) is 0 Å². The fourth-order valence-corrected chi connectivity index (χ4v) is 3.34. The van der Waals surface area contributed by atoms with Crippen LogP contribution in [0, 0.1) is 11.8 Å². The first-order valence-electron chi connectivity index (χ1n) is 7.70. The number of benzene rings is 1. The van der Waals surface area contributed by atoms with Crippen molar-refractivity contribution in [2.45, 2.75) is 33.6 Å².